The Balaban J connectivity index is 2.14. The van der Waals surface area contributed by atoms with Gasteiger partial charge in [0.1, 0.15) is 5.75 Å². The maximum absolute atomic E-state index is 9.65. The number of aryl methyl sites for hydroxylation is 1. The third-order valence-electron chi connectivity index (χ3n) is 3.55. The Bertz CT molecular complexity index is 354. The first-order valence-corrected chi connectivity index (χ1v) is 6.26. The van der Waals surface area contributed by atoms with Crippen molar-refractivity contribution in [1.82, 2.24) is 5.32 Å². The second-order valence-corrected chi connectivity index (χ2v) is 4.89. The predicted octanol–water partition coefficient (Wildman–Crippen LogP) is 3.02. The number of rotatable bonds is 2. The van der Waals surface area contributed by atoms with Gasteiger partial charge in [0.05, 0.1) is 0 Å². The number of aromatic hydroxyl groups is 1. The summed E-state index contributed by atoms with van der Waals surface area (Å²) < 4.78 is 0. The Morgan fingerprint density at radius 3 is 2.81 bits per heavy atom. The molecule has 0 radical (unpaired) electrons. The molecule has 0 saturated carbocycles. The molecule has 1 heterocycles. The van der Waals surface area contributed by atoms with E-state index in [-0.39, 0.29) is 0 Å². The first-order chi connectivity index (χ1) is 7.70. The summed E-state index contributed by atoms with van der Waals surface area (Å²) in [6.45, 7) is 5.47. The summed E-state index contributed by atoms with van der Waals surface area (Å²) in [5, 5.41) is 13.2. The van der Waals surface area contributed by atoms with Crippen LogP contribution in [0.25, 0.3) is 0 Å². The monoisotopic (exact) mass is 219 g/mol. The van der Waals surface area contributed by atoms with Gasteiger partial charge in [0, 0.05) is 6.04 Å². The average Bonchev–Trinajstić information content (AvgIpc) is 2.31. The van der Waals surface area contributed by atoms with Crippen molar-refractivity contribution < 1.29 is 5.11 Å². The van der Waals surface area contributed by atoms with Crippen LogP contribution < -0.4 is 5.32 Å². The fraction of sp³-hybridized carbons (Fsp3) is 0.571. The summed E-state index contributed by atoms with van der Waals surface area (Å²) in [6, 6.07) is 6.49. The van der Waals surface area contributed by atoms with E-state index in [4.69, 9.17) is 0 Å². The van der Waals surface area contributed by atoms with Crippen LogP contribution >= 0.6 is 0 Å². The number of benzene rings is 1. The molecule has 1 aliphatic rings. The van der Waals surface area contributed by atoms with Gasteiger partial charge in [-0.1, -0.05) is 26.0 Å². The highest BCUT2D eigenvalue weighted by molar-refractivity contribution is 5.37. The van der Waals surface area contributed by atoms with Gasteiger partial charge in [-0.2, -0.15) is 0 Å². The highest BCUT2D eigenvalue weighted by Gasteiger charge is 2.19. The van der Waals surface area contributed by atoms with Gasteiger partial charge in [-0.05, 0) is 48.9 Å². The molecule has 0 unspecified atom stereocenters. The minimum atomic E-state index is 0.426. The van der Waals surface area contributed by atoms with Gasteiger partial charge in [-0.15, -0.1) is 0 Å². The maximum atomic E-state index is 9.65. The summed E-state index contributed by atoms with van der Waals surface area (Å²) in [4.78, 5) is 0. The van der Waals surface area contributed by atoms with Gasteiger partial charge in [0.25, 0.3) is 0 Å². The molecule has 1 aliphatic heterocycles. The number of phenolic OH excluding ortho intramolecular Hbond substituents is 1. The Kier molecular flexibility index (Phi) is 3.49. The van der Waals surface area contributed by atoms with Crippen LogP contribution in [0.15, 0.2) is 18.2 Å². The van der Waals surface area contributed by atoms with Crippen molar-refractivity contribution in [3.05, 3.63) is 29.3 Å². The molecule has 2 heteroatoms. The summed E-state index contributed by atoms with van der Waals surface area (Å²) in [6.07, 6.45) is 3.39. The van der Waals surface area contributed by atoms with Crippen molar-refractivity contribution in [3.63, 3.8) is 0 Å². The van der Waals surface area contributed by atoms with Crippen molar-refractivity contribution in [1.29, 1.82) is 0 Å². The van der Waals surface area contributed by atoms with Crippen LogP contribution in [-0.4, -0.2) is 11.7 Å². The minimum Gasteiger partial charge on any atom is -0.508 e. The zero-order chi connectivity index (χ0) is 11.5. The first kappa shape index (κ1) is 11.5. The fourth-order valence-corrected chi connectivity index (χ4v) is 2.39. The average molecular weight is 219 g/mol. The molecule has 0 amide bonds. The fourth-order valence-electron chi connectivity index (χ4n) is 2.39. The molecule has 16 heavy (non-hydrogen) atoms. The van der Waals surface area contributed by atoms with Crippen molar-refractivity contribution >= 4 is 0 Å². The SMILES string of the molecule is CCc1cc([C@@H]2CC[C@@H](C)CN2)ccc1O. The number of hydrogen-bond donors (Lipinski definition) is 2. The molecule has 2 N–H and O–H groups in total. The zero-order valence-electron chi connectivity index (χ0n) is 10.2. The smallest absolute Gasteiger partial charge is 0.118 e. The van der Waals surface area contributed by atoms with Crippen molar-refractivity contribution in [2.75, 3.05) is 6.54 Å². The first-order valence-electron chi connectivity index (χ1n) is 6.26. The molecule has 1 aromatic carbocycles. The van der Waals surface area contributed by atoms with E-state index >= 15 is 0 Å². The lowest BCUT2D eigenvalue weighted by atomic mass is 9.91. The molecule has 0 aliphatic carbocycles. The third kappa shape index (κ3) is 2.38. The second kappa shape index (κ2) is 4.88. The lowest BCUT2D eigenvalue weighted by Crippen LogP contribution is -2.31. The van der Waals surface area contributed by atoms with E-state index in [0.29, 0.717) is 11.8 Å². The molecule has 1 aromatic rings. The van der Waals surface area contributed by atoms with Crippen molar-refractivity contribution in [2.24, 2.45) is 5.92 Å². The van der Waals surface area contributed by atoms with Crippen LogP contribution in [0.1, 0.15) is 43.9 Å². The Hall–Kier alpha value is -1.02. The molecular formula is C14H21NO. The maximum Gasteiger partial charge on any atom is 0.118 e. The molecule has 1 fully saturated rings. The van der Waals surface area contributed by atoms with Crippen molar-refractivity contribution in [3.8, 4) is 5.75 Å². The molecule has 0 aromatic heterocycles. The van der Waals surface area contributed by atoms with Gasteiger partial charge < -0.3 is 10.4 Å². The van der Waals surface area contributed by atoms with Gasteiger partial charge >= 0.3 is 0 Å². The third-order valence-corrected chi connectivity index (χ3v) is 3.55. The van der Waals surface area contributed by atoms with E-state index < -0.39 is 0 Å². The van der Waals surface area contributed by atoms with Crippen LogP contribution in [-0.2, 0) is 6.42 Å². The zero-order valence-corrected chi connectivity index (χ0v) is 10.2. The molecule has 2 nitrogen and oxygen atoms in total. The molecule has 0 spiro atoms. The van der Waals surface area contributed by atoms with E-state index in [0.717, 1.165) is 24.4 Å². The number of nitrogens with one attached hydrogen (secondary N) is 1. The highest BCUT2D eigenvalue weighted by Crippen LogP contribution is 2.28. The molecule has 0 bridgehead atoms. The Labute approximate surface area is 97.7 Å². The Morgan fingerprint density at radius 2 is 2.19 bits per heavy atom. The number of hydrogen-bond acceptors (Lipinski definition) is 2. The molecule has 2 rings (SSSR count). The van der Waals surface area contributed by atoms with E-state index in [1.807, 2.05) is 12.1 Å². The predicted molar refractivity (Wildman–Crippen MR) is 66.6 cm³/mol. The standard InChI is InChI=1S/C14H21NO/c1-3-11-8-12(5-7-14(11)16)13-6-4-10(2)9-15-13/h5,7-8,10,13,15-16H,3-4,6,9H2,1-2H3/t10-,13+/m1/s1. The topological polar surface area (TPSA) is 32.3 Å². The van der Waals surface area contributed by atoms with E-state index in [1.165, 1.54) is 18.4 Å². The normalized spacial score (nSPS) is 25.6. The van der Waals surface area contributed by atoms with E-state index in [9.17, 15) is 5.11 Å². The van der Waals surface area contributed by atoms with Crippen molar-refractivity contribution in [2.45, 2.75) is 39.2 Å². The summed E-state index contributed by atoms with van der Waals surface area (Å²) in [7, 11) is 0. The molecule has 88 valence electrons. The highest BCUT2D eigenvalue weighted by atomic mass is 16.3. The lowest BCUT2D eigenvalue weighted by molar-refractivity contribution is 0.332. The lowest BCUT2D eigenvalue weighted by Gasteiger charge is -2.28. The van der Waals surface area contributed by atoms with E-state index in [2.05, 4.69) is 25.2 Å². The summed E-state index contributed by atoms with van der Waals surface area (Å²) >= 11 is 0. The van der Waals surface area contributed by atoms with Gasteiger partial charge in [-0.25, -0.2) is 0 Å². The van der Waals surface area contributed by atoms with Crippen LogP contribution in [0.3, 0.4) is 0 Å². The molecule has 2 atom stereocenters. The minimum absolute atomic E-state index is 0.426. The van der Waals surface area contributed by atoms with Crippen LogP contribution in [0.2, 0.25) is 0 Å². The largest absolute Gasteiger partial charge is 0.508 e. The van der Waals surface area contributed by atoms with Gasteiger partial charge in [-0.3, -0.25) is 0 Å². The van der Waals surface area contributed by atoms with Crippen LogP contribution in [0, 0.1) is 5.92 Å². The van der Waals surface area contributed by atoms with Gasteiger partial charge in [0.2, 0.25) is 0 Å². The molecule has 1 saturated heterocycles. The van der Waals surface area contributed by atoms with Crippen LogP contribution in [0.5, 0.6) is 5.75 Å². The second-order valence-electron chi connectivity index (χ2n) is 4.89. The summed E-state index contributed by atoms with van der Waals surface area (Å²) in [5.41, 5.74) is 2.37. The quantitative estimate of drug-likeness (QED) is 0.801. The number of phenols is 1. The van der Waals surface area contributed by atoms with Gasteiger partial charge in [0.15, 0.2) is 0 Å². The Morgan fingerprint density at radius 1 is 1.38 bits per heavy atom. The van der Waals surface area contributed by atoms with Crippen LogP contribution in [0.4, 0.5) is 0 Å². The summed E-state index contributed by atoms with van der Waals surface area (Å²) in [5.74, 6) is 1.22. The number of piperidine rings is 1. The van der Waals surface area contributed by atoms with E-state index in [1.54, 1.807) is 0 Å². The molecular weight excluding hydrogens is 198 g/mol.